The van der Waals surface area contributed by atoms with E-state index < -0.39 is 5.82 Å². The minimum absolute atomic E-state index is 0.0911. The number of halogens is 2. The standard InChI is InChI=1S/C10H9ClFN3O/c1-13-5-8-14-15-10(16-8)9-6(11)3-2-4-7(9)12/h2-4,13H,5H2,1H3. The van der Waals surface area contributed by atoms with Crippen molar-refractivity contribution in [2.45, 2.75) is 6.54 Å². The lowest BCUT2D eigenvalue weighted by Crippen LogP contribution is -2.04. The highest BCUT2D eigenvalue weighted by molar-refractivity contribution is 6.33. The Balaban J connectivity index is 2.42. The van der Waals surface area contributed by atoms with Gasteiger partial charge < -0.3 is 9.73 Å². The molecule has 1 heterocycles. The molecule has 0 bridgehead atoms. The molecule has 0 unspecified atom stereocenters. The molecule has 1 N–H and O–H groups in total. The van der Waals surface area contributed by atoms with Gasteiger partial charge in [0.05, 0.1) is 17.1 Å². The van der Waals surface area contributed by atoms with Gasteiger partial charge in [0.25, 0.3) is 5.89 Å². The lowest BCUT2D eigenvalue weighted by Gasteiger charge is -1.99. The topological polar surface area (TPSA) is 51.0 Å². The van der Waals surface area contributed by atoms with Crippen molar-refractivity contribution in [3.63, 3.8) is 0 Å². The van der Waals surface area contributed by atoms with Gasteiger partial charge in [0.1, 0.15) is 5.82 Å². The molecule has 0 aliphatic heterocycles. The smallest absolute Gasteiger partial charge is 0.252 e. The van der Waals surface area contributed by atoms with Crippen LogP contribution in [0.3, 0.4) is 0 Å². The van der Waals surface area contributed by atoms with Crippen molar-refractivity contribution >= 4 is 11.6 Å². The van der Waals surface area contributed by atoms with Gasteiger partial charge in [-0.25, -0.2) is 4.39 Å². The van der Waals surface area contributed by atoms with Gasteiger partial charge >= 0.3 is 0 Å². The molecule has 6 heteroatoms. The lowest BCUT2D eigenvalue weighted by atomic mass is 10.2. The summed E-state index contributed by atoms with van der Waals surface area (Å²) < 4.78 is 18.8. The third kappa shape index (κ3) is 2.05. The molecule has 0 aliphatic carbocycles. The molecular weight excluding hydrogens is 233 g/mol. The zero-order valence-electron chi connectivity index (χ0n) is 8.50. The van der Waals surface area contributed by atoms with Crippen molar-refractivity contribution in [3.05, 3.63) is 34.9 Å². The molecule has 0 saturated carbocycles. The Labute approximate surface area is 96.4 Å². The zero-order chi connectivity index (χ0) is 11.5. The number of nitrogens with zero attached hydrogens (tertiary/aromatic N) is 2. The van der Waals surface area contributed by atoms with Gasteiger partial charge in [-0.15, -0.1) is 10.2 Å². The molecule has 4 nitrogen and oxygen atoms in total. The van der Waals surface area contributed by atoms with Gasteiger partial charge in [-0.3, -0.25) is 0 Å². The van der Waals surface area contributed by atoms with Crippen LogP contribution in [0.2, 0.25) is 5.02 Å². The maximum Gasteiger partial charge on any atom is 0.252 e. The summed E-state index contributed by atoms with van der Waals surface area (Å²) in [5.74, 6) is -0.00247. The highest BCUT2D eigenvalue weighted by Crippen LogP contribution is 2.29. The maximum atomic E-state index is 13.5. The van der Waals surface area contributed by atoms with Gasteiger partial charge in [0.15, 0.2) is 0 Å². The van der Waals surface area contributed by atoms with Crippen LogP contribution < -0.4 is 5.32 Å². The van der Waals surface area contributed by atoms with Crippen molar-refractivity contribution in [2.24, 2.45) is 0 Å². The monoisotopic (exact) mass is 241 g/mol. The lowest BCUT2D eigenvalue weighted by molar-refractivity contribution is 0.487. The molecule has 0 atom stereocenters. The van der Waals surface area contributed by atoms with Crippen LogP contribution in [-0.4, -0.2) is 17.2 Å². The molecule has 2 rings (SSSR count). The second-order valence-electron chi connectivity index (χ2n) is 3.13. The average molecular weight is 242 g/mol. The first-order valence-corrected chi connectivity index (χ1v) is 5.01. The molecule has 0 spiro atoms. The van der Waals surface area contributed by atoms with Crippen molar-refractivity contribution in [1.82, 2.24) is 15.5 Å². The third-order valence-corrected chi connectivity index (χ3v) is 2.29. The summed E-state index contributed by atoms with van der Waals surface area (Å²) in [4.78, 5) is 0. The van der Waals surface area contributed by atoms with E-state index in [1.807, 2.05) is 0 Å². The molecule has 2 aromatic rings. The zero-order valence-corrected chi connectivity index (χ0v) is 9.25. The fourth-order valence-corrected chi connectivity index (χ4v) is 1.52. The third-order valence-electron chi connectivity index (χ3n) is 1.97. The normalized spacial score (nSPS) is 10.7. The van der Waals surface area contributed by atoms with E-state index in [9.17, 15) is 4.39 Å². The fourth-order valence-electron chi connectivity index (χ4n) is 1.28. The molecule has 0 saturated heterocycles. The number of rotatable bonds is 3. The van der Waals surface area contributed by atoms with Gasteiger partial charge in [-0.05, 0) is 19.2 Å². The van der Waals surface area contributed by atoms with E-state index in [0.29, 0.717) is 12.4 Å². The summed E-state index contributed by atoms with van der Waals surface area (Å²) in [5, 5.41) is 10.6. The first-order chi connectivity index (χ1) is 7.72. The SMILES string of the molecule is CNCc1nnc(-c2c(F)cccc2Cl)o1. The van der Waals surface area contributed by atoms with E-state index in [1.165, 1.54) is 12.1 Å². The van der Waals surface area contributed by atoms with E-state index in [4.69, 9.17) is 16.0 Å². The van der Waals surface area contributed by atoms with E-state index in [-0.39, 0.29) is 16.5 Å². The van der Waals surface area contributed by atoms with Crippen molar-refractivity contribution in [2.75, 3.05) is 7.05 Å². The molecule has 84 valence electrons. The molecule has 16 heavy (non-hydrogen) atoms. The highest BCUT2D eigenvalue weighted by Gasteiger charge is 2.15. The summed E-state index contributed by atoms with van der Waals surface area (Å²) in [5.41, 5.74) is 0.138. The quantitative estimate of drug-likeness (QED) is 0.896. The highest BCUT2D eigenvalue weighted by atomic mass is 35.5. The minimum atomic E-state index is -0.479. The number of aromatic nitrogens is 2. The molecule has 0 aliphatic rings. The Kier molecular flexibility index (Phi) is 3.17. The summed E-state index contributed by atoms with van der Waals surface area (Å²) in [6.07, 6.45) is 0. The largest absolute Gasteiger partial charge is 0.419 e. The van der Waals surface area contributed by atoms with Crippen molar-refractivity contribution in [1.29, 1.82) is 0 Å². The van der Waals surface area contributed by atoms with Crippen molar-refractivity contribution < 1.29 is 8.81 Å². The Morgan fingerprint density at radius 2 is 2.25 bits per heavy atom. The molecule has 1 aromatic carbocycles. The van der Waals surface area contributed by atoms with Crippen LogP contribution in [0.5, 0.6) is 0 Å². The van der Waals surface area contributed by atoms with Gasteiger partial charge in [0, 0.05) is 0 Å². The second kappa shape index (κ2) is 4.59. The maximum absolute atomic E-state index is 13.5. The minimum Gasteiger partial charge on any atom is -0.419 e. The number of benzene rings is 1. The van der Waals surface area contributed by atoms with Gasteiger partial charge in [-0.2, -0.15) is 0 Å². The number of nitrogens with one attached hydrogen (secondary N) is 1. The summed E-state index contributed by atoms with van der Waals surface area (Å²) in [7, 11) is 1.75. The fraction of sp³-hybridized carbons (Fsp3) is 0.200. The van der Waals surface area contributed by atoms with Crippen LogP contribution in [0.15, 0.2) is 22.6 Å². The van der Waals surface area contributed by atoms with Crippen LogP contribution >= 0.6 is 11.6 Å². The predicted octanol–water partition coefficient (Wildman–Crippen LogP) is 2.25. The van der Waals surface area contributed by atoms with Crippen LogP contribution in [-0.2, 0) is 6.54 Å². The molecule has 0 fully saturated rings. The first kappa shape index (κ1) is 11.0. The van der Waals surface area contributed by atoms with E-state index >= 15 is 0 Å². The Morgan fingerprint density at radius 3 is 2.94 bits per heavy atom. The van der Waals surface area contributed by atoms with Crippen LogP contribution in [0, 0.1) is 5.82 Å². The second-order valence-corrected chi connectivity index (χ2v) is 3.54. The Morgan fingerprint density at radius 1 is 1.44 bits per heavy atom. The van der Waals surface area contributed by atoms with Crippen LogP contribution in [0.1, 0.15) is 5.89 Å². The Bertz CT molecular complexity index is 480. The molecular formula is C10H9ClFN3O. The van der Waals surface area contributed by atoms with Crippen LogP contribution in [0.25, 0.3) is 11.5 Å². The summed E-state index contributed by atoms with van der Waals surface area (Å²) >= 11 is 5.87. The summed E-state index contributed by atoms with van der Waals surface area (Å²) in [6, 6.07) is 4.39. The van der Waals surface area contributed by atoms with Crippen LogP contribution in [0.4, 0.5) is 4.39 Å². The van der Waals surface area contributed by atoms with E-state index in [2.05, 4.69) is 15.5 Å². The van der Waals surface area contributed by atoms with E-state index in [1.54, 1.807) is 13.1 Å². The Hall–Kier alpha value is -1.46. The molecule has 1 aromatic heterocycles. The molecule has 0 radical (unpaired) electrons. The number of hydrogen-bond donors (Lipinski definition) is 1. The van der Waals surface area contributed by atoms with Gasteiger partial charge in [-0.1, -0.05) is 17.7 Å². The molecule has 0 amide bonds. The predicted molar refractivity (Wildman–Crippen MR) is 57.5 cm³/mol. The summed E-state index contributed by atoms with van der Waals surface area (Å²) in [6.45, 7) is 0.430. The van der Waals surface area contributed by atoms with Crippen molar-refractivity contribution in [3.8, 4) is 11.5 Å². The number of hydrogen-bond acceptors (Lipinski definition) is 4. The first-order valence-electron chi connectivity index (χ1n) is 4.63. The average Bonchev–Trinajstić information content (AvgIpc) is 2.67. The van der Waals surface area contributed by atoms with Gasteiger partial charge in [0.2, 0.25) is 5.89 Å². The van der Waals surface area contributed by atoms with E-state index in [0.717, 1.165) is 0 Å².